The van der Waals surface area contributed by atoms with E-state index in [4.69, 9.17) is 0 Å². The fourth-order valence-electron chi connectivity index (χ4n) is 1.07. The van der Waals surface area contributed by atoms with Gasteiger partial charge < -0.3 is 19.8 Å². The summed E-state index contributed by atoms with van der Waals surface area (Å²) in [5.74, 6) is -2.56. The molecule has 0 unspecified atom stereocenters. The van der Waals surface area contributed by atoms with Gasteiger partial charge in [-0.25, -0.2) is 19.6 Å². The predicted octanol–water partition coefficient (Wildman–Crippen LogP) is 0.536. The van der Waals surface area contributed by atoms with Crippen LogP contribution in [0, 0.1) is 0 Å². The summed E-state index contributed by atoms with van der Waals surface area (Å²) in [5, 5.41) is 19.1. The molecule has 0 aliphatic heterocycles. The van der Waals surface area contributed by atoms with Crippen LogP contribution in [0.2, 0.25) is 8.87 Å². The van der Waals surface area contributed by atoms with Gasteiger partial charge in [0.05, 0.1) is 25.2 Å². The average molecular weight is 471 g/mol. The Labute approximate surface area is 161 Å². The summed E-state index contributed by atoms with van der Waals surface area (Å²) in [6.45, 7) is 7.63. The van der Waals surface area contributed by atoms with Gasteiger partial charge in [-0.1, -0.05) is 0 Å². The van der Waals surface area contributed by atoms with Gasteiger partial charge in [0.2, 0.25) is 0 Å². The van der Waals surface area contributed by atoms with Crippen molar-refractivity contribution < 1.29 is 39.4 Å². The maximum atomic E-state index is 9.56. The van der Waals surface area contributed by atoms with E-state index in [9.17, 15) is 19.8 Å². The molecule has 0 aromatic heterocycles. The van der Waals surface area contributed by atoms with Gasteiger partial charge in [-0.3, -0.25) is 0 Å². The van der Waals surface area contributed by atoms with Gasteiger partial charge in [0, 0.05) is 0 Å². The minimum absolute atomic E-state index is 0.149. The van der Waals surface area contributed by atoms with Crippen LogP contribution in [0.15, 0.2) is 0 Å². The Bertz CT molecular complexity index is 251. The first-order valence-corrected chi connectivity index (χ1v) is 12.6. The summed E-state index contributed by atoms with van der Waals surface area (Å²) in [4.78, 5) is 35.7. The molecule has 0 spiro atoms. The standard InChI is InChI=1S/2C4H8O4.2C4H9.Sn/c2*1-2-7-8-3-4(5)6;2*1-3-4-2;/h2*2-3H2,1H3,(H,5,6);2*1,3-4H2,2H3;/q;;;;+2/p-2. The van der Waals surface area contributed by atoms with Crippen LogP contribution in [-0.4, -0.2) is 59.5 Å². The molecule has 0 saturated heterocycles. The van der Waals surface area contributed by atoms with E-state index in [0.717, 1.165) is 0 Å². The van der Waals surface area contributed by atoms with E-state index in [2.05, 4.69) is 33.4 Å². The monoisotopic (exact) mass is 472 g/mol. The molecule has 0 bridgehead atoms. The van der Waals surface area contributed by atoms with E-state index < -0.39 is 25.2 Å². The van der Waals surface area contributed by atoms with Crippen molar-refractivity contribution in [1.82, 2.24) is 0 Å². The molecule has 0 saturated carbocycles. The van der Waals surface area contributed by atoms with Crippen LogP contribution in [0.1, 0.15) is 53.4 Å². The Hall–Kier alpha value is -0.421. The molecule has 0 N–H and O–H groups in total. The third-order valence-electron chi connectivity index (χ3n) is 2.17. The second-order valence-corrected chi connectivity index (χ2v) is 8.82. The maximum Gasteiger partial charge on any atom is 0.122 e. The summed E-state index contributed by atoms with van der Waals surface area (Å²) in [7, 11) is 0. The Morgan fingerprint density at radius 1 is 0.720 bits per heavy atom. The first kappa shape index (κ1) is 29.3. The van der Waals surface area contributed by atoms with Crippen LogP contribution >= 0.6 is 0 Å². The summed E-state index contributed by atoms with van der Waals surface area (Å²) >= 11 is 0.149. The SMILES string of the molecule is CCC[CH2][Sn+2][CH2]CCC.CCOOCC(=O)[O-].CCOOCC(=O)[O-]. The summed E-state index contributed by atoms with van der Waals surface area (Å²) in [5.41, 5.74) is 0. The van der Waals surface area contributed by atoms with Crippen molar-refractivity contribution in [2.24, 2.45) is 0 Å². The van der Waals surface area contributed by atoms with Gasteiger partial charge in [-0.15, -0.1) is 0 Å². The van der Waals surface area contributed by atoms with Crippen LogP contribution in [0.4, 0.5) is 0 Å². The normalized spacial score (nSPS) is 9.12. The largest absolute Gasteiger partial charge is 0.547 e. The molecule has 0 radical (unpaired) electrons. The molecule has 0 aliphatic carbocycles. The van der Waals surface area contributed by atoms with Crippen LogP contribution in [0.3, 0.4) is 0 Å². The van der Waals surface area contributed by atoms with Crippen LogP contribution in [0.5, 0.6) is 0 Å². The van der Waals surface area contributed by atoms with Gasteiger partial charge in [0.15, 0.2) is 0 Å². The topological polar surface area (TPSA) is 117 Å². The van der Waals surface area contributed by atoms with Crippen LogP contribution < -0.4 is 10.2 Å². The molecule has 0 aromatic carbocycles. The number of carbonyl (C=O) groups excluding carboxylic acids is 2. The van der Waals surface area contributed by atoms with E-state index in [1.165, 1.54) is 25.7 Å². The molecule has 25 heavy (non-hydrogen) atoms. The molecule has 0 aliphatic rings. The fourth-order valence-corrected chi connectivity index (χ4v) is 5.23. The second kappa shape index (κ2) is 28.4. The number of hydrogen-bond donors (Lipinski definition) is 0. The van der Waals surface area contributed by atoms with Gasteiger partial charge in [-0.05, 0) is 13.8 Å². The predicted molar refractivity (Wildman–Crippen MR) is 90.4 cm³/mol. The van der Waals surface area contributed by atoms with Gasteiger partial charge in [-0.2, -0.15) is 0 Å². The Morgan fingerprint density at radius 2 is 1.08 bits per heavy atom. The smallest absolute Gasteiger partial charge is 0.122 e. The Kier molecular flexibility index (Phi) is 33.3. The van der Waals surface area contributed by atoms with Crippen molar-refractivity contribution in [2.75, 3.05) is 26.4 Å². The van der Waals surface area contributed by atoms with E-state index in [1.54, 1.807) is 22.7 Å². The van der Waals surface area contributed by atoms with E-state index in [-0.39, 0.29) is 21.1 Å². The number of carboxylic acid groups (broad SMARTS) is 2. The van der Waals surface area contributed by atoms with Crippen molar-refractivity contribution in [3.63, 3.8) is 0 Å². The molecule has 0 fully saturated rings. The minimum Gasteiger partial charge on any atom is -0.547 e. The van der Waals surface area contributed by atoms with Crippen molar-refractivity contribution >= 4 is 33.1 Å². The molecule has 0 atom stereocenters. The van der Waals surface area contributed by atoms with Gasteiger partial charge in [0.25, 0.3) is 0 Å². The van der Waals surface area contributed by atoms with E-state index in [1.807, 2.05) is 0 Å². The Morgan fingerprint density at radius 3 is 1.32 bits per heavy atom. The molecule has 0 rings (SSSR count). The third kappa shape index (κ3) is 45.2. The minimum atomic E-state index is -1.28. The summed E-state index contributed by atoms with van der Waals surface area (Å²) in [6, 6.07) is 0. The molecular weight excluding hydrogens is 439 g/mol. The number of carboxylic acids is 2. The zero-order valence-electron chi connectivity index (χ0n) is 15.8. The molecule has 0 amide bonds. The first-order chi connectivity index (χ1) is 12.0. The Balaban J connectivity index is -0.000000291. The van der Waals surface area contributed by atoms with Gasteiger partial charge >= 0.3 is 69.5 Å². The van der Waals surface area contributed by atoms with Crippen molar-refractivity contribution in [1.29, 1.82) is 0 Å². The number of hydrogen-bond acceptors (Lipinski definition) is 8. The molecule has 148 valence electrons. The van der Waals surface area contributed by atoms with E-state index in [0.29, 0.717) is 13.2 Å². The molecule has 0 aromatic rings. The first-order valence-electron chi connectivity index (χ1n) is 8.55. The average Bonchev–Trinajstić information content (AvgIpc) is 2.56. The number of unbranched alkanes of at least 4 members (excludes halogenated alkanes) is 2. The molecule has 8 nitrogen and oxygen atoms in total. The summed E-state index contributed by atoms with van der Waals surface area (Å²) in [6.07, 6.45) is 5.84. The molecule has 0 heterocycles. The zero-order valence-corrected chi connectivity index (χ0v) is 18.7. The molecular formula is C16H32O8Sn. The zero-order chi connectivity index (χ0) is 19.8. The fraction of sp³-hybridized carbons (Fsp3) is 0.875. The van der Waals surface area contributed by atoms with Gasteiger partial charge in [0.1, 0.15) is 13.2 Å². The number of aliphatic carboxylic acids is 2. The summed E-state index contributed by atoms with van der Waals surface area (Å²) < 4.78 is 3.25. The quantitative estimate of drug-likeness (QED) is 0.156. The van der Waals surface area contributed by atoms with E-state index >= 15 is 0 Å². The van der Waals surface area contributed by atoms with Crippen molar-refractivity contribution in [3.8, 4) is 0 Å². The second-order valence-electron chi connectivity index (χ2n) is 4.54. The van der Waals surface area contributed by atoms with Crippen LogP contribution in [0.25, 0.3) is 0 Å². The number of rotatable bonds is 14. The van der Waals surface area contributed by atoms with Crippen LogP contribution in [-0.2, 0) is 29.1 Å². The maximum absolute atomic E-state index is 9.56. The van der Waals surface area contributed by atoms with Crippen molar-refractivity contribution in [3.05, 3.63) is 0 Å². The number of carbonyl (C=O) groups is 2. The van der Waals surface area contributed by atoms with Crippen molar-refractivity contribution in [2.45, 2.75) is 62.3 Å². The third-order valence-corrected chi connectivity index (χ3v) is 6.21. The molecule has 9 heteroatoms.